The summed E-state index contributed by atoms with van der Waals surface area (Å²) in [4.78, 5) is 14.9. The van der Waals surface area contributed by atoms with Gasteiger partial charge in [-0.25, -0.2) is 0 Å². The second-order valence-electron chi connectivity index (χ2n) is 6.54. The van der Waals surface area contributed by atoms with E-state index < -0.39 is 12.2 Å². The summed E-state index contributed by atoms with van der Waals surface area (Å²) in [5.41, 5.74) is 11.6. The van der Waals surface area contributed by atoms with E-state index in [2.05, 4.69) is 55.1 Å². The fourth-order valence-corrected chi connectivity index (χ4v) is 4.43. The van der Waals surface area contributed by atoms with E-state index in [-0.39, 0.29) is 23.1 Å². The molecular weight excluding hydrogens is 410 g/mol. The monoisotopic (exact) mass is 433 g/mol. The molecule has 8 nitrogen and oxygen atoms in total. The van der Waals surface area contributed by atoms with Crippen molar-refractivity contribution in [2.75, 3.05) is 13.1 Å². The number of carbonyl (C=O) groups excluding carboxylic acids is 1. The summed E-state index contributed by atoms with van der Waals surface area (Å²) >= 11 is 9.57. The third-order valence-electron chi connectivity index (χ3n) is 5.01. The Bertz CT molecular complexity index is 598. The van der Waals surface area contributed by atoms with Crippen LogP contribution < -0.4 is 32.7 Å². The van der Waals surface area contributed by atoms with Crippen molar-refractivity contribution < 1.29 is 4.79 Å². The number of nitrogens with one attached hydrogen (secondary N) is 4. The van der Waals surface area contributed by atoms with Crippen LogP contribution in [0.5, 0.6) is 0 Å². The first-order valence-electron chi connectivity index (χ1n) is 8.48. The van der Waals surface area contributed by atoms with E-state index in [1.54, 1.807) is 0 Å². The summed E-state index contributed by atoms with van der Waals surface area (Å²) in [5, 5.41) is 12.4. The van der Waals surface area contributed by atoms with Gasteiger partial charge in [-0.3, -0.25) is 15.0 Å². The van der Waals surface area contributed by atoms with Gasteiger partial charge in [0.2, 0.25) is 5.91 Å². The number of rotatable bonds is 4. The highest BCUT2D eigenvalue weighted by Crippen LogP contribution is 2.31. The predicted octanol–water partition coefficient (Wildman–Crippen LogP) is -0.666. The van der Waals surface area contributed by atoms with Crippen LogP contribution >= 0.6 is 27.5 Å². The summed E-state index contributed by atoms with van der Waals surface area (Å²) in [6, 6.07) is 0.187. The summed E-state index contributed by atoms with van der Waals surface area (Å²) in [7, 11) is 0. The third kappa shape index (κ3) is 3.90. The van der Waals surface area contributed by atoms with Crippen LogP contribution in [0.2, 0.25) is 0 Å². The fraction of sp³-hybridized carbons (Fsp3) is 0.667. The molecule has 2 aliphatic heterocycles. The van der Waals surface area contributed by atoms with Gasteiger partial charge < -0.3 is 27.4 Å². The third-order valence-corrected chi connectivity index (χ3v) is 5.97. The van der Waals surface area contributed by atoms with E-state index in [4.69, 9.17) is 23.1 Å². The van der Waals surface area contributed by atoms with Crippen LogP contribution in [-0.2, 0) is 4.79 Å². The van der Waals surface area contributed by atoms with Crippen LogP contribution in [0.4, 0.5) is 0 Å². The summed E-state index contributed by atoms with van der Waals surface area (Å²) < 4.78 is 1.25. The molecule has 0 aromatic heterocycles. The Hall–Kier alpha value is -1.00. The largest absolute Gasteiger partial charge is 0.383 e. The van der Waals surface area contributed by atoms with Gasteiger partial charge in [-0.1, -0.05) is 40.5 Å². The molecule has 0 saturated carbocycles. The van der Waals surface area contributed by atoms with E-state index in [1.807, 2.05) is 0 Å². The first-order chi connectivity index (χ1) is 11.9. The van der Waals surface area contributed by atoms with Gasteiger partial charge in [0, 0.05) is 18.6 Å². The normalized spacial score (nSPS) is 35.5. The lowest BCUT2D eigenvalue weighted by Crippen LogP contribution is -2.64. The van der Waals surface area contributed by atoms with Crippen LogP contribution in [0.15, 0.2) is 21.5 Å². The van der Waals surface area contributed by atoms with Crippen LogP contribution in [0, 0.1) is 0 Å². The highest BCUT2D eigenvalue weighted by Gasteiger charge is 2.41. The van der Waals surface area contributed by atoms with Crippen molar-refractivity contribution in [3.8, 4) is 0 Å². The molecule has 0 aromatic carbocycles. The highest BCUT2D eigenvalue weighted by atomic mass is 79.9. The summed E-state index contributed by atoms with van der Waals surface area (Å²) in [6.45, 7) is 3.56. The molecule has 3 rings (SSSR count). The van der Waals surface area contributed by atoms with Gasteiger partial charge in [0.1, 0.15) is 23.2 Å². The Morgan fingerprint density at radius 3 is 3.00 bits per heavy atom. The van der Waals surface area contributed by atoms with E-state index in [9.17, 15) is 4.79 Å². The maximum absolute atomic E-state index is 12.5. The minimum atomic E-state index is -0.672. The van der Waals surface area contributed by atoms with Crippen molar-refractivity contribution in [3.05, 3.63) is 21.5 Å². The lowest BCUT2D eigenvalue weighted by molar-refractivity contribution is -0.124. The minimum absolute atomic E-state index is 0.0969. The molecule has 5 unspecified atom stereocenters. The van der Waals surface area contributed by atoms with E-state index in [0.29, 0.717) is 18.6 Å². The van der Waals surface area contributed by atoms with Crippen LogP contribution in [0.1, 0.15) is 19.8 Å². The molecule has 1 amide bonds. The number of carbonyl (C=O) groups is 1. The Balaban J connectivity index is 1.57. The van der Waals surface area contributed by atoms with Gasteiger partial charge in [0.25, 0.3) is 0 Å². The number of amides is 1. The number of likely N-dealkylation sites (N-methyl/N-ethyl adjacent to an activating group) is 1. The molecule has 1 fully saturated rings. The van der Waals surface area contributed by atoms with Crippen molar-refractivity contribution in [2.45, 2.75) is 50.2 Å². The molecule has 1 aliphatic carbocycles. The van der Waals surface area contributed by atoms with E-state index in [1.165, 1.54) is 4.48 Å². The quantitative estimate of drug-likeness (QED) is 0.325. The fourth-order valence-electron chi connectivity index (χ4n) is 3.74. The average molecular weight is 435 g/mol. The topological polar surface area (TPSA) is 120 Å². The molecule has 8 N–H and O–H groups in total. The molecule has 10 heteroatoms. The molecule has 2 heterocycles. The number of nitrogens with zero attached hydrogens (tertiary/aromatic N) is 1. The lowest BCUT2D eigenvalue weighted by Gasteiger charge is -2.33. The zero-order chi connectivity index (χ0) is 18.1. The Kier molecular flexibility index (Phi) is 5.79. The first kappa shape index (κ1) is 18.8. The maximum Gasteiger partial charge on any atom is 0.246 e. The van der Waals surface area contributed by atoms with Gasteiger partial charge in [0.15, 0.2) is 0 Å². The lowest BCUT2D eigenvalue weighted by atomic mass is 9.97. The van der Waals surface area contributed by atoms with Crippen molar-refractivity contribution in [1.82, 2.24) is 26.2 Å². The number of hydrogen-bond donors (Lipinski definition) is 6. The highest BCUT2D eigenvalue weighted by molar-refractivity contribution is 9.11. The summed E-state index contributed by atoms with van der Waals surface area (Å²) in [6.07, 6.45) is 3.67. The SMILES string of the molecule is CCN1C(CNC(=O)C2NC(Cl)=C(N)NC2N)NC2CC=C(Br)CC21. The van der Waals surface area contributed by atoms with Crippen molar-refractivity contribution in [3.63, 3.8) is 0 Å². The summed E-state index contributed by atoms with van der Waals surface area (Å²) in [5.74, 6) is 0.0349. The Morgan fingerprint density at radius 2 is 2.28 bits per heavy atom. The second kappa shape index (κ2) is 7.71. The van der Waals surface area contributed by atoms with Gasteiger partial charge >= 0.3 is 0 Å². The van der Waals surface area contributed by atoms with Crippen LogP contribution in [0.3, 0.4) is 0 Å². The first-order valence-corrected chi connectivity index (χ1v) is 9.65. The standard InChI is InChI=1S/C15H25BrClN7O/c1-2-24-9-5-7(16)3-4-8(9)21-10(24)6-20-15(25)11-13(18)23-14(19)12(17)22-11/h3,8-11,13,21-23H,2,4-6,18-19H2,1H3,(H,20,25). The molecular formula is C15H25BrClN7O. The maximum atomic E-state index is 12.5. The Labute approximate surface area is 160 Å². The molecule has 25 heavy (non-hydrogen) atoms. The smallest absolute Gasteiger partial charge is 0.246 e. The molecule has 0 spiro atoms. The number of fused-ring (bicyclic) bond motifs is 1. The van der Waals surface area contributed by atoms with Crippen molar-refractivity contribution in [2.24, 2.45) is 11.5 Å². The molecule has 140 valence electrons. The van der Waals surface area contributed by atoms with Crippen molar-refractivity contribution >= 4 is 33.4 Å². The van der Waals surface area contributed by atoms with E-state index >= 15 is 0 Å². The minimum Gasteiger partial charge on any atom is -0.383 e. The van der Waals surface area contributed by atoms with Crippen LogP contribution in [-0.4, -0.2) is 54.4 Å². The van der Waals surface area contributed by atoms with E-state index in [0.717, 1.165) is 19.4 Å². The van der Waals surface area contributed by atoms with Crippen LogP contribution in [0.25, 0.3) is 0 Å². The van der Waals surface area contributed by atoms with Gasteiger partial charge in [-0.2, -0.15) is 0 Å². The zero-order valence-corrected chi connectivity index (χ0v) is 16.4. The number of hydrogen-bond acceptors (Lipinski definition) is 7. The zero-order valence-electron chi connectivity index (χ0n) is 14.1. The molecule has 0 bridgehead atoms. The molecule has 1 saturated heterocycles. The molecule has 5 atom stereocenters. The van der Waals surface area contributed by atoms with Gasteiger partial charge in [-0.05, 0) is 23.9 Å². The number of nitrogens with two attached hydrogens (primary N) is 2. The average Bonchev–Trinajstić information content (AvgIpc) is 2.92. The molecule has 0 aromatic rings. The second-order valence-corrected chi connectivity index (χ2v) is 7.94. The molecule has 0 radical (unpaired) electrons. The van der Waals surface area contributed by atoms with Gasteiger partial charge in [0.05, 0.1) is 6.17 Å². The predicted molar refractivity (Wildman–Crippen MR) is 101 cm³/mol. The van der Waals surface area contributed by atoms with Gasteiger partial charge in [-0.15, -0.1) is 0 Å². The number of halogens is 2. The van der Waals surface area contributed by atoms with Crippen molar-refractivity contribution in [1.29, 1.82) is 0 Å². The molecule has 3 aliphatic rings. The Morgan fingerprint density at radius 1 is 1.52 bits per heavy atom.